The minimum absolute atomic E-state index is 0.0149. The van der Waals surface area contributed by atoms with Crippen LogP contribution in [0.15, 0.2) is 24.3 Å². The smallest absolute Gasteiger partial charge is 0.106 e. The molecule has 1 aromatic rings. The van der Waals surface area contributed by atoms with Gasteiger partial charge in [0.05, 0.1) is 18.6 Å². The van der Waals surface area contributed by atoms with Crippen molar-refractivity contribution in [1.29, 1.82) is 0 Å². The van der Waals surface area contributed by atoms with Crippen molar-refractivity contribution in [2.45, 2.75) is 18.8 Å². The Morgan fingerprint density at radius 2 is 1.87 bits per heavy atom. The van der Waals surface area contributed by atoms with Crippen molar-refractivity contribution in [3.05, 3.63) is 35.4 Å². The largest absolute Gasteiger partial charge is 0.389 e. The Balaban J connectivity index is 2.70. The van der Waals surface area contributed by atoms with E-state index in [1.165, 1.54) is 0 Å². The molecule has 0 fully saturated rings. The summed E-state index contributed by atoms with van der Waals surface area (Å²) >= 11 is 5.45. The predicted molar refractivity (Wildman–Crippen MR) is 58.8 cm³/mol. The Hall–Kier alpha value is -0.610. The normalized spacial score (nSPS) is 14.9. The summed E-state index contributed by atoms with van der Waals surface area (Å²) in [6.45, 7) is 0.536. The molecule has 2 unspecified atom stereocenters. The van der Waals surface area contributed by atoms with Gasteiger partial charge in [-0.1, -0.05) is 24.3 Å². The van der Waals surface area contributed by atoms with Crippen LogP contribution in [-0.2, 0) is 11.3 Å². The van der Waals surface area contributed by atoms with Gasteiger partial charge in [-0.15, -0.1) is 11.6 Å². The van der Waals surface area contributed by atoms with Gasteiger partial charge in [0.25, 0.3) is 0 Å². The molecule has 0 aliphatic carbocycles. The van der Waals surface area contributed by atoms with Crippen LogP contribution in [0.2, 0.25) is 0 Å². The van der Waals surface area contributed by atoms with Gasteiger partial charge in [0.2, 0.25) is 0 Å². The van der Waals surface area contributed by atoms with E-state index in [1.54, 1.807) is 19.2 Å². The molecule has 84 valence electrons. The molecule has 0 aliphatic rings. The molecule has 0 saturated carbocycles. The number of aliphatic hydroxyl groups is 2. The molecule has 2 N–H and O–H groups in total. The number of ether oxygens (including phenoxy) is 1. The second kappa shape index (κ2) is 6.08. The van der Waals surface area contributed by atoms with Crippen LogP contribution < -0.4 is 0 Å². The highest BCUT2D eigenvalue weighted by atomic mass is 35.5. The Kier molecular flexibility index (Phi) is 5.05. The van der Waals surface area contributed by atoms with Gasteiger partial charge in [-0.2, -0.15) is 0 Å². The highest BCUT2D eigenvalue weighted by Gasteiger charge is 2.16. The fourth-order valence-corrected chi connectivity index (χ4v) is 1.45. The van der Waals surface area contributed by atoms with Crippen LogP contribution in [0.5, 0.6) is 0 Å². The molecule has 0 bridgehead atoms. The highest BCUT2D eigenvalue weighted by Crippen LogP contribution is 2.18. The van der Waals surface area contributed by atoms with Crippen molar-refractivity contribution in [2.24, 2.45) is 0 Å². The van der Waals surface area contributed by atoms with Crippen LogP contribution in [0.3, 0.4) is 0 Å². The summed E-state index contributed by atoms with van der Waals surface area (Å²) in [5.41, 5.74) is 1.68. The van der Waals surface area contributed by atoms with Crippen molar-refractivity contribution >= 4 is 11.6 Å². The molecule has 3 nitrogen and oxygen atoms in total. The van der Waals surface area contributed by atoms with Crippen LogP contribution >= 0.6 is 11.6 Å². The second-order valence-corrected chi connectivity index (χ2v) is 3.65. The first-order valence-corrected chi connectivity index (χ1v) is 5.22. The molecule has 0 saturated heterocycles. The zero-order valence-corrected chi connectivity index (χ0v) is 9.31. The Bertz CT molecular complexity index is 286. The van der Waals surface area contributed by atoms with Crippen molar-refractivity contribution in [3.8, 4) is 0 Å². The molecule has 0 aliphatic heterocycles. The lowest BCUT2D eigenvalue weighted by Crippen LogP contribution is -2.19. The van der Waals surface area contributed by atoms with E-state index in [-0.39, 0.29) is 5.88 Å². The number of hydrogen-bond acceptors (Lipinski definition) is 3. The van der Waals surface area contributed by atoms with Crippen molar-refractivity contribution in [3.63, 3.8) is 0 Å². The van der Waals surface area contributed by atoms with Gasteiger partial charge in [0, 0.05) is 7.11 Å². The zero-order chi connectivity index (χ0) is 11.3. The highest BCUT2D eigenvalue weighted by molar-refractivity contribution is 6.18. The summed E-state index contributed by atoms with van der Waals surface area (Å²) in [4.78, 5) is 0. The first kappa shape index (κ1) is 12.5. The van der Waals surface area contributed by atoms with Gasteiger partial charge in [0.1, 0.15) is 6.10 Å². The predicted octanol–water partition coefficient (Wildman–Crippen LogP) is 1.47. The average molecular weight is 231 g/mol. The Morgan fingerprint density at radius 1 is 1.27 bits per heavy atom. The second-order valence-electron chi connectivity index (χ2n) is 3.34. The maximum absolute atomic E-state index is 9.64. The molecule has 0 radical (unpaired) electrons. The molecule has 0 aromatic heterocycles. The minimum atomic E-state index is -0.931. The number of alkyl halides is 1. The third kappa shape index (κ3) is 3.47. The quantitative estimate of drug-likeness (QED) is 0.754. The average Bonchev–Trinajstić information content (AvgIpc) is 2.28. The third-order valence-corrected chi connectivity index (χ3v) is 2.47. The SMILES string of the molecule is COCc1ccc(C(O)C(O)CCl)cc1. The Labute approximate surface area is 94.3 Å². The number of methoxy groups -OCH3 is 1. The molecule has 15 heavy (non-hydrogen) atoms. The summed E-state index contributed by atoms with van der Waals surface area (Å²) in [6.07, 6.45) is -1.86. The van der Waals surface area contributed by atoms with E-state index < -0.39 is 12.2 Å². The van der Waals surface area contributed by atoms with Crippen LogP contribution in [0.25, 0.3) is 0 Å². The van der Waals surface area contributed by atoms with Gasteiger partial charge >= 0.3 is 0 Å². The zero-order valence-electron chi connectivity index (χ0n) is 8.56. The summed E-state index contributed by atoms with van der Waals surface area (Å²) in [5.74, 6) is 0.0149. The summed E-state index contributed by atoms with van der Waals surface area (Å²) in [6, 6.07) is 7.22. The standard InChI is InChI=1S/C11H15ClO3/c1-15-7-8-2-4-9(5-3-8)11(14)10(13)6-12/h2-5,10-11,13-14H,6-7H2,1H3. The molecule has 1 rings (SSSR count). The van der Waals surface area contributed by atoms with Gasteiger partial charge < -0.3 is 14.9 Å². The van der Waals surface area contributed by atoms with E-state index in [0.717, 1.165) is 5.56 Å². The van der Waals surface area contributed by atoms with Crippen molar-refractivity contribution in [2.75, 3.05) is 13.0 Å². The summed E-state index contributed by atoms with van der Waals surface area (Å²) in [5, 5.41) is 19.0. The van der Waals surface area contributed by atoms with E-state index >= 15 is 0 Å². The lowest BCUT2D eigenvalue weighted by atomic mass is 10.0. The van der Waals surface area contributed by atoms with Crippen molar-refractivity contribution in [1.82, 2.24) is 0 Å². The summed E-state index contributed by atoms with van der Waals surface area (Å²) in [7, 11) is 1.63. The molecular weight excluding hydrogens is 216 g/mol. The number of hydrogen-bond donors (Lipinski definition) is 2. The van der Waals surface area contributed by atoms with E-state index in [9.17, 15) is 10.2 Å². The number of aliphatic hydroxyl groups excluding tert-OH is 2. The molecule has 0 spiro atoms. The lowest BCUT2D eigenvalue weighted by molar-refractivity contribution is 0.0327. The van der Waals surface area contributed by atoms with Crippen LogP contribution in [0, 0.1) is 0 Å². The molecular formula is C11H15ClO3. The minimum Gasteiger partial charge on any atom is -0.389 e. The first-order chi connectivity index (χ1) is 7.19. The topological polar surface area (TPSA) is 49.7 Å². The molecule has 0 amide bonds. The third-order valence-electron chi connectivity index (χ3n) is 2.15. The van der Waals surface area contributed by atoms with E-state index in [4.69, 9.17) is 16.3 Å². The maximum atomic E-state index is 9.64. The monoisotopic (exact) mass is 230 g/mol. The van der Waals surface area contributed by atoms with E-state index in [2.05, 4.69) is 0 Å². The molecule has 1 aromatic carbocycles. The number of halogens is 1. The molecule has 4 heteroatoms. The van der Waals surface area contributed by atoms with Crippen molar-refractivity contribution < 1.29 is 14.9 Å². The number of benzene rings is 1. The van der Waals surface area contributed by atoms with Gasteiger partial charge in [0.15, 0.2) is 0 Å². The van der Waals surface area contributed by atoms with E-state index in [1.807, 2.05) is 12.1 Å². The van der Waals surface area contributed by atoms with Crippen LogP contribution in [0.1, 0.15) is 17.2 Å². The maximum Gasteiger partial charge on any atom is 0.106 e. The van der Waals surface area contributed by atoms with Gasteiger partial charge in [-0.25, -0.2) is 0 Å². The fraction of sp³-hybridized carbons (Fsp3) is 0.455. The molecule has 0 heterocycles. The number of rotatable bonds is 5. The van der Waals surface area contributed by atoms with Crippen LogP contribution in [0.4, 0.5) is 0 Å². The lowest BCUT2D eigenvalue weighted by Gasteiger charge is -2.15. The molecule has 2 atom stereocenters. The Morgan fingerprint density at radius 3 is 2.33 bits per heavy atom. The first-order valence-electron chi connectivity index (χ1n) is 4.69. The van der Waals surface area contributed by atoms with E-state index in [0.29, 0.717) is 12.2 Å². The van der Waals surface area contributed by atoms with Gasteiger partial charge in [-0.3, -0.25) is 0 Å². The van der Waals surface area contributed by atoms with Crippen LogP contribution in [-0.4, -0.2) is 29.3 Å². The fourth-order valence-electron chi connectivity index (χ4n) is 1.28. The van der Waals surface area contributed by atoms with Gasteiger partial charge in [-0.05, 0) is 11.1 Å². The summed E-state index contributed by atoms with van der Waals surface area (Å²) < 4.78 is 4.96.